The molecule has 0 amide bonds. The first-order valence-corrected chi connectivity index (χ1v) is 5.58. The Hall–Kier alpha value is -1.56. The molecule has 6 heteroatoms. The molecule has 0 fully saturated rings. The quantitative estimate of drug-likeness (QED) is 0.693. The van der Waals surface area contributed by atoms with E-state index >= 15 is 0 Å². The minimum absolute atomic E-state index is 0.453. The number of nitrogens with one attached hydrogen (secondary N) is 1. The molecule has 96 valence electrons. The number of nitrogens with zero attached hydrogens (tertiary/aromatic N) is 2. The van der Waals surface area contributed by atoms with Crippen molar-refractivity contribution in [2.24, 2.45) is 0 Å². The van der Waals surface area contributed by atoms with Gasteiger partial charge in [-0.3, -0.25) is 0 Å². The van der Waals surface area contributed by atoms with Gasteiger partial charge in [-0.05, 0) is 6.92 Å². The summed E-state index contributed by atoms with van der Waals surface area (Å²) in [5.74, 6) is 1.63. The van der Waals surface area contributed by atoms with Crippen LogP contribution in [-0.2, 0) is 4.74 Å². The van der Waals surface area contributed by atoms with E-state index in [1.54, 1.807) is 14.2 Å². The summed E-state index contributed by atoms with van der Waals surface area (Å²) in [7, 11) is 3.23. The molecule has 0 radical (unpaired) electrons. The van der Waals surface area contributed by atoms with Crippen molar-refractivity contribution in [1.29, 1.82) is 0 Å². The maximum absolute atomic E-state index is 5.52. The zero-order valence-corrected chi connectivity index (χ0v) is 10.5. The van der Waals surface area contributed by atoms with E-state index in [2.05, 4.69) is 15.3 Å². The molecule has 1 rings (SSSR count). The normalized spacial score (nSPS) is 10.1. The standard InChI is InChI=1S/C11H19N3O3/c1-4-12-10-9(16-3)11(14-8-13-10)17-7-5-6-15-2/h8H,4-7H2,1-3H3,(H,12,13,14). The Bertz CT molecular complexity index is 334. The third-order valence-electron chi connectivity index (χ3n) is 2.05. The van der Waals surface area contributed by atoms with Crippen LogP contribution in [0.3, 0.4) is 0 Å². The first-order valence-electron chi connectivity index (χ1n) is 5.58. The van der Waals surface area contributed by atoms with Crippen molar-refractivity contribution in [2.75, 3.05) is 39.3 Å². The Labute approximate surface area is 101 Å². The van der Waals surface area contributed by atoms with Crippen LogP contribution in [0.4, 0.5) is 5.82 Å². The van der Waals surface area contributed by atoms with E-state index in [1.807, 2.05) is 6.92 Å². The Balaban J connectivity index is 2.66. The molecule has 0 atom stereocenters. The number of rotatable bonds is 8. The van der Waals surface area contributed by atoms with E-state index in [-0.39, 0.29) is 0 Å². The number of ether oxygens (including phenoxy) is 3. The van der Waals surface area contributed by atoms with Crippen LogP contribution in [-0.4, -0.2) is 43.9 Å². The van der Waals surface area contributed by atoms with Crippen molar-refractivity contribution >= 4 is 5.82 Å². The van der Waals surface area contributed by atoms with E-state index < -0.39 is 0 Å². The fourth-order valence-electron chi connectivity index (χ4n) is 1.31. The highest BCUT2D eigenvalue weighted by molar-refractivity contribution is 5.54. The number of methoxy groups -OCH3 is 2. The molecule has 0 unspecified atom stereocenters. The van der Waals surface area contributed by atoms with Crippen molar-refractivity contribution in [3.63, 3.8) is 0 Å². The Morgan fingerprint density at radius 2 is 2.06 bits per heavy atom. The average Bonchev–Trinajstić information content (AvgIpc) is 2.35. The summed E-state index contributed by atoms with van der Waals surface area (Å²) in [6.45, 7) is 3.94. The molecule has 1 aromatic heterocycles. The van der Waals surface area contributed by atoms with Crippen LogP contribution in [0.15, 0.2) is 6.33 Å². The van der Waals surface area contributed by atoms with Crippen molar-refractivity contribution in [2.45, 2.75) is 13.3 Å². The molecule has 1 heterocycles. The third kappa shape index (κ3) is 4.07. The van der Waals surface area contributed by atoms with Gasteiger partial charge in [0.15, 0.2) is 5.82 Å². The van der Waals surface area contributed by atoms with Gasteiger partial charge in [-0.2, -0.15) is 4.98 Å². The number of aromatic nitrogens is 2. The monoisotopic (exact) mass is 241 g/mol. The Morgan fingerprint density at radius 3 is 2.71 bits per heavy atom. The molecule has 0 aromatic carbocycles. The van der Waals surface area contributed by atoms with Gasteiger partial charge in [0.1, 0.15) is 6.33 Å². The third-order valence-corrected chi connectivity index (χ3v) is 2.05. The second-order valence-corrected chi connectivity index (χ2v) is 3.29. The van der Waals surface area contributed by atoms with E-state index in [1.165, 1.54) is 6.33 Å². The van der Waals surface area contributed by atoms with Crippen LogP contribution < -0.4 is 14.8 Å². The topological polar surface area (TPSA) is 65.5 Å². The van der Waals surface area contributed by atoms with Gasteiger partial charge in [0, 0.05) is 26.7 Å². The molecule has 0 bridgehead atoms. The minimum atomic E-state index is 0.453. The van der Waals surface area contributed by atoms with Gasteiger partial charge in [-0.15, -0.1) is 0 Å². The van der Waals surface area contributed by atoms with Gasteiger partial charge in [0.05, 0.1) is 13.7 Å². The number of hydrogen-bond donors (Lipinski definition) is 1. The van der Waals surface area contributed by atoms with E-state index in [9.17, 15) is 0 Å². The highest BCUT2D eigenvalue weighted by Crippen LogP contribution is 2.30. The molecule has 6 nitrogen and oxygen atoms in total. The summed E-state index contributed by atoms with van der Waals surface area (Å²) in [5.41, 5.74) is 0. The van der Waals surface area contributed by atoms with Gasteiger partial charge >= 0.3 is 0 Å². The largest absolute Gasteiger partial charge is 0.489 e. The zero-order chi connectivity index (χ0) is 12.5. The summed E-state index contributed by atoms with van der Waals surface area (Å²) >= 11 is 0. The van der Waals surface area contributed by atoms with Crippen LogP contribution >= 0.6 is 0 Å². The first kappa shape index (κ1) is 13.5. The smallest absolute Gasteiger partial charge is 0.262 e. The van der Waals surface area contributed by atoms with E-state index in [0.717, 1.165) is 13.0 Å². The molecular formula is C11H19N3O3. The Morgan fingerprint density at radius 1 is 1.24 bits per heavy atom. The van der Waals surface area contributed by atoms with E-state index in [4.69, 9.17) is 14.2 Å². The molecule has 0 saturated carbocycles. The molecule has 0 saturated heterocycles. The molecule has 0 spiro atoms. The van der Waals surface area contributed by atoms with Crippen LogP contribution in [0.1, 0.15) is 13.3 Å². The molecule has 0 aliphatic carbocycles. The second-order valence-electron chi connectivity index (χ2n) is 3.29. The highest BCUT2D eigenvalue weighted by Gasteiger charge is 2.12. The summed E-state index contributed by atoms with van der Waals surface area (Å²) in [6.07, 6.45) is 2.26. The number of hydrogen-bond acceptors (Lipinski definition) is 6. The van der Waals surface area contributed by atoms with Crippen molar-refractivity contribution in [3.05, 3.63) is 6.33 Å². The van der Waals surface area contributed by atoms with Crippen LogP contribution in [0.5, 0.6) is 11.6 Å². The van der Waals surface area contributed by atoms with Crippen LogP contribution in [0, 0.1) is 0 Å². The molecule has 0 aliphatic rings. The van der Waals surface area contributed by atoms with Gasteiger partial charge in [-0.25, -0.2) is 4.98 Å². The second kappa shape index (κ2) is 7.67. The highest BCUT2D eigenvalue weighted by atomic mass is 16.5. The molecule has 0 aliphatic heterocycles. The molecule has 1 aromatic rings. The lowest BCUT2D eigenvalue weighted by Gasteiger charge is -2.12. The lowest BCUT2D eigenvalue weighted by atomic mass is 10.4. The van der Waals surface area contributed by atoms with Crippen LogP contribution in [0.2, 0.25) is 0 Å². The van der Waals surface area contributed by atoms with Gasteiger partial charge in [-0.1, -0.05) is 0 Å². The molecule has 1 N–H and O–H groups in total. The fourth-order valence-corrected chi connectivity index (χ4v) is 1.31. The van der Waals surface area contributed by atoms with Gasteiger partial charge in [0.2, 0.25) is 5.75 Å². The average molecular weight is 241 g/mol. The fraction of sp³-hybridized carbons (Fsp3) is 0.636. The van der Waals surface area contributed by atoms with Crippen molar-refractivity contribution in [3.8, 4) is 11.6 Å². The van der Waals surface area contributed by atoms with E-state index in [0.29, 0.717) is 30.7 Å². The summed E-state index contributed by atoms with van der Waals surface area (Å²) in [4.78, 5) is 8.14. The summed E-state index contributed by atoms with van der Waals surface area (Å²) in [5, 5.41) is 3.09. The summed E-state index contributed by atoms with van der Waals surface area (Å²) in [6, 6.07) is 0. The molecular weight excluding hydrogens is 222 g/mol. The van der Waals surface area contributed by atoms with Gasteiger partial charge in [0.25, 0.3) is 5.88 Å². The predicted molar refractivity (Wildman–Crippen MR) is 64.7 cm³/mol. The lowest BCUT2D eigenvalue weighted by molar-refractivity contribution is 0.168. The van der Waals surface area contributed by atoms with Crippen LogP contribution in [0.25, 0.3) is 0 Å². The minimum Gasteiger partial charge on any atom is -0.489 e. The number of anilines is 1. The predicted octanol–water partition coefficient (Wildman–Crippen LogP) is 1.33. The zero-order valence-electron chi connectivity index (χ0n) is 10.5. The maximum Gasteiger partial charge on any atom is 0.262 e. The first-order chi connectivity index (χ1) is 8.33. The van der Waals surface area contributed by atoms with Crippen molar-refractivity contribution < 1.29 is 14.2 Å². The lowest BCUT2D eigenvalue weighted by Crippen LogP contribution is -2.07. The maximum atomic E-state index is 5.52. The molecule has 17 heavy (non-hydrogen) atoms. The Kier molecular flexibility index (Phi) is 6.09. The van der Waals surface area contributed by atoms with Gasteiger partial charge < -0.3 is 19.5 Å². The SMILES string of the molecule is CCNc1ncnc(OCCCOC)c1OC. The summed E-state index contributed by atoms with van der Waals surface area (Å²) < 4.78 is 15.7. The van der Waals surface area contributed by atoms with Crippen molar-refractivity contribution in [1.82, 2.24) is 9.97 Å².